The number of fused-ring (bicyclic) bond motifs is 3. The van der Waals surface area contributed by atoms with Crippen LogP contribution in [-0.2, 0) is 4.74 Å². The fourth-order valence-corrected chi connectivity index (χ4v) is 3.04. The van der Waals surface area contributed by atoms with Crippen LogP contribution in [-0.4, -0.2) is 55.4 Å². The zero-order valence-corrected chi connectivity index (χ0v) is 13.5. The molecule has 3 saturated heterocycles. The molecule has 21 heavy (non-hydrogen) atoms. The smallest absolute Gasteiger partial charge is 0.407 e. The van der Waals surface area contributed by atoms with Gasteiger partial charge in [-0.05, 0) is 52.6 Å². The molecule has 1 unspecified atom stereocenters. The van der Waals surface area contributed by atoms with Crippen LogP contribution in [0.25, 0.3) is 0 Å². The molecule has 0 aromatic carbocycles. The van der Waals surface area contributed by atoms with E-state index in [9.17, 15) is 4.79 Å². The van der Waals surface area contributed by atoms with Gasteiger partial charge >= 0.3 is 6.09 Å². The molecule has 2 N–H and O–H groups in total. The van der Waals surface area contributed by atoms with Gasteiger partial charge in [0, 0.05) is 25.7 Å². The number of alkyl carbamates (subject to hydrolysis) is 1. The summed E-state index contributed by atoms with van der Waals surface area (Å²) in [5.41, 5.74) is -0.440. The van der Waals surface area contributed by atoms with Gasteiger partial charge in [0.05, 0.1) is 0 Å². The van der Waals surface area contributed by atoms with Crippen molar-refractivity contribution in [1.82, 2.24) is 15.5 Å². The molecule has 3 aliphatic rings. The van der Waals surface area contributed by atoms with Crippen molar-refractivity contribution < 1.29 is 9.53 Å². The third-order valence-electron chi connectivity index (χ3n) is 4.08. The van der Waals surface area contributed by atoms with Crippen molar-refractivity contribution in [3.63, 3.8) is 0 Å². The summed E-state index contributed by atoms with van der Waals surface area (Å²) >= 11 is 0. The monoisotopic (exact) mass is 295 g/mol. The Kier molecular flexibility index (Phi) is 5.65. The first-order valence-electron chi connectivity index (χ1n) is 8.01. The summed E-state index contributed by atoms with van der Waals surface area (Å²) in [4.78, 5) is 14.0. The van der Waals surface area contributed by atoms with Crippen molar-refractivity contribution in [3.05, 3.63) is 12.2 Å². The van der Waals surface area contributed by atoms with Crippen LogP contribution in [0.4, 0.5) is 4.79 Å². The highest BCUT2D eigenvalue weighted by Gasteiger charge is 2.33. The zero-order chi connectivity index (χ0) is 15.3. The van der Waals surface area contributed by atoms with Crippen LogP contribution in [0.5, 0.6) is 0 Å². The Morgan fingerprint density at radius 2 is 1.90 bits per heavy atom. The molecule has 3 rings (SSSR count). The first-order valence-corrected chi connectivity index (χ1v) is 8.01. The van der Waals surface area contributed by atoms with Crippen LogP contribution >= 0.6 is 0 Å². The molecule has 3 heterocycles. The van der Waals surface area contributed by atoms with Gasteiger partial charge in [0.25, 0.3) is 0 Å². The summed E-state index contributed by atoms with van der Waals surface area (Å²) in [5.74, 6) is 0.850. The Hall–Kier alpha value is -1.07. The number of carbonyl (C=O) groups excluding carboxylic acids is 1. The van der Waals surface area contributed by atoms with Crippen LogP contribution in [0, 0.1) is 5.92 Å². The Morgan fingerprint density at radius 1 is 1.24 bits per heavy atom. The van der Waals surface area contributed by atoms with E-state index in [-0.39, 0.29) is 6.09 Å². The van der Waals surface area contributed by atoms with Crippen LogP contribution in [0.15, 0.2) is 12.2 Å². The average Bonchev–Trinajstić information content (AvgIpc) is 2.42. The summed E-state index contributed by atoms with van der Waals surface area (Å²) in [6.45, 7) is 10.7. The van der Waals surface area contributed by atoms with Crippen molar-refractivity contribution in [2.75, 3.05) is 32.7 Å². The molecule has 2 bridgehead atoms. The molecule has 0 radical (unpaired) electrons. The third kappa shape index (κ3) is 5.67. The number of hydrogen-bond acceptors (Lipinski definition) is 4. The maximum Gasteiger partial charge on any atom is 0.407 e. The molecule has 1 amide bonds. The van der Waals surface area contributed by atoms with Gasteiger partial charge in [-0.25, -0.2) is 4.79 Å². The highest BCUT2D eigenvalue weighted by Crippen LogP contribution is 2.27. The number of piperidine rings is 3. The number of rotatable bonds is 5. The minimum absolute atomic E-state index is 0.363. The molecule has 0 aromatic heterocycles. The average molecular weight is 295 g/mol. The van der Waals surface area contributed by atoms with E-state index in [4.69, 9.17) is 4.74 Å². The largest absolute Gasteiger partial charge is 0.444 e. The fraction of sp³-hybridized carbons (Fsp3) is 0.812. The predicted molar refractivity (Wildman–Crippen MR) is 84.3 cm³/mol. The number of nitrogens with zero attached hydrogens (tertiary/aromatic N) is 1. The van der Waals surface area contributed by atoms with E-state index in [1.54, 1.807) is 0 Å². The first-order chi connectivity index (χ1) is 9.94. The van der Waals surface area contributed by atoms with Crippen molar-refractivity contribution in [2.24, 2.45) is 5.92 Å². The topological polar surface area (TPSA) is 53.6 Å². The molecular weight excluding hydrogens is 266 g/mol. The van der Waals surface area contributed by atoms with Gasteiger partial charge in [-0.15, -0.1) is 0 Å². The zero-order valence-electron chi connectivity index (χ0n) is 13.5. The van der Waals surface area contributed by atoms with E-state index in [1.807, 2.05) is 26.8 Å². The fourth-order valence-electron chi connectivity index (χ4n) is 3.04. The lowest BCUT2D eigenvalue weighted by atomic mass is 9.84. The highest BCUT2D eigenvalue weighted by atomic mass is 16.6. The summed E-state index contributed by atoms with van der Waals surface area (Å²) in [7, 11) is 0. The van der Waals surface area contributed by atoms with Gasteiger partial charge in [-0.2, -0.15) is 0 Å². The summed E-state index contributed by atoms with van der Waals surface area (Å²) < 4.78 is 5.17. The summed E-state index contributed by atoms with van der Waals surface area (Å²) in [6.07, 6.45) is 6.36. The third-order valence-corrected chi connectivity index (χ3v) is 4.08. The number of amides is 1. The van der Waals surface area contributed by atoms with Crippen molar-refractivity contribution in [3.8, 4) is 0 Å². The quantitative estimate of drug-likeness (QED) is 0.759. The Bertz CT molecular complexity index is 368. The molecule has 0 spiro atoms. The van der Waals surface area contributed by atoms with E-state index in [2.05, 4.69) is 21.6 Å². The van der Waals surface area contributed by atoms with Gasteiger partial charge in [0.1, 0.15) is 5.60 Å². The molecule has 0 aliphatic carbocycles. The number of ether oxygens (including phenoxy) is 1. The lowest BCUT2D eigenvalue weighted by Gasteiger charge is -2.45. The van der Waals surface area contributed by atoms with Gasteiger partial charge in [-0.3, -0.25) is 0 Å². The molecule has 3 aliphatic heterocycles. The molecule has 0 saturated carbocycles. The van der Waals surface area contributed by atoms with E-state index in [0.717, 1.165) is 12.5 Å². The van der Waals surface area contributed by atoms with E-state index < -0.39 is 5.60 Å². The minimum Gasteiger partial charge on any atom is -0.444 e. The normalized spacial score (nSPS) is 28.8. The predicted octanol–water partition coefficient (Wildman–Crippen LogP) is 1.75. The minimum atomic E-state index is -0.440. The van der Waals surface area contributed by atoms with Crippen LogP contribution in [0.1, 0.15) is 33.6 Å². The maximum atomic E-state index is 11.4. The van der Waals surface area contributed by atoms with E-state index >= 15 is 0 Å². The second kappa shape index (κ2) is 7.27. The summed E-state index contributed by atoms with van der Waals surface area (Å²) in [5, 5.41) is 6.33. The number of carbonyl (C=O) groups is 1. The molecule has 1 atom stereocenters. The van der Waals surface area contributed by atoms with Crippen LogP contribution in [0.2, 0.25) is 0 Å². The highest BCUT2D eigenvalue weighted by molar-refractivity contribution is 5.67. The van der Waals surface area contributed by atoms with Crippen LogP contribution < -0.4 is 10.6 Å². The standard InChI is InChI=1S/C16H29N3O2/c1-16(2,3)21-15(20)18-9-5-4-8-17-14-12-19-10-6-13(14)7-11-19/h4-5,13-14,17H,6-12H2,1-3H3,(H,18,20)/b5-4+. The number of nitrogens with one attached hydrogen (secondary N) is 2. The molecule has 3 fully saturated rings. The lowest BCUT2D eigenvalue weighted by Crippen LogP contribution is -2.56. The van der Waals surface area contributed by atoms with Crippen molar-refractivity contribution in [1.29, 1.82) is 0 Å². The summed E-state index contributed by atoms with van der Waals surface area (Å²) in [6, 6.07) is 0.635. The SMILES string of the molecule is CC(C)(C)OC(=O)NC/C=C/CNC1CN2CCC1CC2. The Balaban J connectivity index is 1.56. The molecule has 120 valence electrons. The van der Waals surface area contributed by atoms with Gasteiger partial charge < -0.3 is 20.3 Å². The maximum absolute atomic E-state index is 11.4. The molecule has 0 aromatic rings. The van der Waals surface area contributed by atoms with Gasteiger partial charge in [0.15, 0.2) is 0 Å². The van der Waals surface area contributed by atoms with Crippen molar-refractivity contribution in [2.45, 2.75) is 45.3 Å². The van der Waals surface area contributed by atoms with Gasteiger partial charge in [0.2, 0.25) is 0 Å². The van der Waals surface area contributed by atoms with Crippen LogP contribution in [0.3, 0.4) is 0 Å². The Morgan fingerprint density at radius 3 is 2.48 bits per heavy atom. The number of hydrogen-bond donors (Lipinski definition) is 2. The first kappa shape index (κ1) is 16.3. The van der Waals surface area contributed by atoms with Gasteiger partial charge in [-0.1, -0.05) is 12.2 Å². The van der Waals surface area contributed by atoms with E-state index in [1.165, 1.54) is 32.5 Å². The van der Waals surface area contributed by atoms with E-state index in [0.29, 0.717) is 12.6 Å². The molecule has 5 nitrogen and oxygen atoms in total. The second-order valence-corrected chi connectivity index (χ2v) is 7.01. The second-order valence-electron chi connectivity index (χ2n) is 7.01. The molecular formula is C16H29N3O2. The van der Waals surface area contributed by atoms with Crippen molar-refractivity contribution >= 4 is 6.09 Å². The molecule has 5 heteroatoms. The Labute approximate surface area is 128 Å². The lowest BCUT2D eigenvalue weighted by molar-refractivity contribution is 0.0534.